The number of carboxylic acids is 1. The van der Waals surface area contributed by atoms with Crippen molar-refractivity contribution in [1.82, 2.24) is 5.32 Å². The van der Waals surface area contributed by atoms with Crippen LogP contribution in [0.25, 0.3) is 0 Å². The second-order valence-electron chi connectivity index (χ2n) is 4.63. The molecule has 1 aromatic carbocycles. The molecule has 0 spiro atoms. The molecule has 24 heavy (non-hydrogen) atoms. The van der Waals surface area contributed by atoms with Gasteiger partial charge < -0.3 is 24.6 Å². The summed E-state index contributed by atoms with van der Waals surface area (Å²) in [4.78, 5) is 23.9. The number of rotatable bonds is 8. The SMILES string of the molecule is COc1csc(C(=O)NCC(Oc2ccccc2)C(=O)O)c1OC. The molecule has 0 aliphatic carbocycles. The monoisotopic (exact) mass is 351 g/mol. The van der Waals surface area contributed by atoms with Gasteiger partial charge in [0.2, 0.25) is 6.10 Å². The minimum Gasteiger partial charge on any atom is -0.492 e. The molecule has 128 valence electrons. The smallest absolute Gasteiger partial charge is 0.346 e. The number of carbonyl (C=O) groups is 2. The van der Waals surface area contributed by atoms with Gasteiger partial charge in [-0.3, -0.25) is 4.79 Å². The van der Waals surface area contributed by atoms with E-state index >= 15 is 0 Å². The molecule has 1 amide bonds. The molecule has 1 heterocycles. The van der Waals surface area contributed by atoms with Crippen LogP contribution in [0.2, 0.25) is 0 Å². The summed E-state index contributed by atoms with van der Waals surface area (Å²) in [6.07, 6.45) is -1.20. The Morgan fingerprint density at radius 2 is 1.92 bits per heavy atom. The van der Waals surface area contributed by atoms with Gasteiger partial charge in [-0.2, -0.15) is 0 Å². The molecule has 2 rings (SSSR count). The molecule has 0 bridgehead atoms. The van der Waals surface area contributed by atoms with Crippen LogP contribution >= 0.6 is 11.3 Å². The lowest BCUT2D eigenvalue weighted by atomic mass is 10.3. The molecule has 1 unspecified atom stereocenters. The number of amides is 1. The Morgan fingerprint density at radius 3 is 2.50 bits per heavy atom. The highest BCUT2D eigenvalue weighted by Crippen LogP contribution is 2.36. The zero-order chi connectivity index (χ0) is 17.5. The van der Waals surface area contributed by atoms with Crippen molar-refractivity contribution in [3.8, 4) is 17.2 Å². The van der Waals surface area contributed by atoms with E-state index in [1.165, 1.54) is 14.2 Å². The maximum atomic E-state index is 12.2. The van der Waals surface area contributed by atoms with E-state index in [-0.39, 0.29) is 6.54 Å². The lowest BCUT2D eigenvalue weighted by molar-refractivity contribution is -0.144. The van der Waals surface area contributed by atoms with Crippen molar-refractivity contribution in [2.75, 3.05) is 20.8 Å². The summed E-state index contributed by atoms with van der Waals surface area (Å²) in [7, 11) is 2.90. The van der Waals surface area contributed by atoms with E-state index in [9.17, 15) is 14.7 Å². The summed E-state index contributed by atoms with van der Waals surface area (Å²) in [5.41, 5.74) is 0. The van der Waals surface area contributed by atoms with Crippen LogP contribution in [0.3, 0.4) is 0 Å². The van der Waals surface area contributed by atoms with Crippen molar-refractivity contribution in [1.29, 1.82) is 0 Å². The minimum absolute atomic E-state index is 0.188. The second kappa shape index (κ2) is 8.21. The van der Waals surface area contributed by atoms with Gasteiger partial charge >= 0.3 is 5.97 Å². The van der Waals surface area contributed by atoms with E-state index < -0.39 is 18.0 Å². The third-order valence-corrected chi connectivity index (χ3v) is 4.03. The van der Waals surface area contributed by atoms with Gasteiger partial charge in [0.05, 0.1) is 20.8 Å². The van der Waals surface area contributed by atoms with Crippen LogP contribution in [-0.4, -0.2) is 43.9 Å². The van der Waals surface area contributed by atoms with Crippen LogP contribution in [0.1, 0.15) is 9.67 Å². The van der Waals surface area contributed by atoms with Gasteiger partial charge in [-0.05, 0) is 12.1 Å². The molecule has 0 fully saturated rings. The Kier molecular flexibility index (Phi) is 6.02. The van der Waals surface area contributed by atoms with Gasteiger partial charge in [-0.1, -0.05) is 18.2 Å². The summed E-state index contributed by atoms with van der Waals surface area (Å²) in [5.74, 6) is -0.453. The van der Waals surface area contributed by atoms with Crippen LogP contribution in [0, 0.1) is 0 Å². The maximum absolute atomic E-state index is 12.2. The number of benzene rings is 1. The van der Waals surface area contributed by atoms with Crippen LogP contribution in [0.5, 0.6) is 17.2 Å². The number of carbonyl (C=O) groups excluding carboxylic acids is 1. The second-order valence-corrected chi connectivity index (χ2v) is 5.51. The molecule has 2 aromatic rings. The molecule has 0 aliphatic rings. The average molecular weight is 351 g/mol. The molecule has 0 saturated carbocycles. The van der Waals surface area contributed by atoms with Crippen molar-refractivity contribution in [3.05, 3.63) is 40.6 Å². The van der Waals surface area contributed by atoms with Crippen molar-refractivity contribution in [2.45, 2.75) is 6.10 Å². The van der Waals surface area contributed by atoms with Gasteiger partial charge in [-0.25, -0.2) is 4.79 Å². The van der Waals surface area contributed by atoms with Gasteiger partial charge in [-0.15, -0.1) is 11.3 Å². The molecule has 0 aliphatic heterocycles. The first-order valence-corrected chi connectivity index (χ1v) is 7.87. The lowest BCUT2D eigenvalue weighted by Crippen LogP contribution is -2.40. The maximum Gasteiger partial charge on any atom is 0.346 e. The number of hydrogen-bond acceptors (Lipinski definition) is 6. The number of para-hydroxylation sites is 1. The number of carboxylic acid groups (broad SMARTS) is 1. The van der Waals surface area contributed by atoms with Crippen molar-refractivity contribution in [3.63, 3.8) is 0 Å². The summed E-state index contributed by atoms with van der Waals surface area (Å²) < 4.78 is 15.6. The van der Waals surface area contributed by atoms with Crippen molar-refractivity contribution >= 4 is 23.2 Å². The summed E-state index contributed by atoms with van der Waals surface area (Å²) in [6.45, 7) is -0.188. The van der Waals surface area contributed by atoms with E-state index in [2.05, 4.69) is 5.32 Å². The van der Waals surface area contributed by atoms with Crippen LogP contribution < -0.4 is 19.5 Å². The molecule has 2 N–H and O–H groups in total. The average Bonchev–Trinajstić information content (AvgIpc) is 3.02. The van der Waals surface area contributed by atoms with Crippen molar-refractivity contribution in [2.24, 2.45) is 0 Å². The quantitative estimate of drug-likeness (QED) is 0.756. The molecule has 7 nitrogen and oxygen atoms in total. The fourth-order valence-corrected chi connectivity index (χ4v) is 2.83. The standard InChI is InChI=1S/C16H17NO6S/c1-21-12-9-24-14(13(12)22-2)15(18)17-8-11(16(19)20)23-10-6-4-3-5-7-10/h3-7,9,11H,8H2,1-2H3,(H,17,18)(H,19,20). The molecule has 0 saturated heterocycles. The van der Waals surface area contributed by atoms with E-state index in [1.54, 1.807) is 35.7 Å². The van der Waals surface area contributed by atoms with Gasteiger partial charge in [0.25, 0.3) is 5.91 Å². The van der Waals surface area contributed by atoms with Crippen molar-refractivity contribution < 1.29 is 28.9 Å². The van der Waals surface area contributed by atoms with Gasteiger partial charge in [0, 0.05) is 5.38 Å². The summed E-state index contributed by atoms with van der Waals surface area (Å²) in [6, 6.07) is 8.54. The first kappa shape index (κ1) is 17.6. The van der Waals surface area contributed by atoms with E-state index in [1.807, 2.05) is 0 Å². The first-order chi connectivity index (χ1) is 11.6. The number of aliphatic carboxylic acids is 1. The minimum atomic E-state index is -1.20. The predicted molar refractivity (Wildman–Crippen MR) is 88.3 cm³/mol. The summed E-state index contributed by atoms with van der Waals surface area (Å²) in [5, 5.41) is 13.4. The lowest BCUT2D eigenvalue weighted by Gasteiger charge is -2.15. The Labute approximate surface area is 142 Å². The Bertz CT molecular complexity index is 700. The Hall–Kier alpha value is -2.74. The zero-order valence-electron chi connectivity index (χ0n) is 13.1. The Morgan fingerprint density at radius 1 is 1.21 bits per heavy atom. The Balaban J connectivity index is 2.03. The largest absolute Gasteiger partial charge is 0.492 e. The zero-order valence-corrected chi connectivity index (χ0v) is 14.0. The van der Waals surface area contributed by atoms with Crippen LogP contribution in [0.15, 0.2) is 35.7 Å². The predicted octanol–water partition coefficient (Wildman–Crippen LogP) is 2.03. The number of ether oxygens (including phenoxy) is 3. The summed E-state index contributed by atoms with van der Waals surface area (Å²) >= 11 is 1.15. The highest BCUT2D eigenvalue weighted by molar-refractivity contribution is 7.12. The molecular formula is C16H17NO6S. The number of methoxy groups -OCH3 is 2. The van der Waals surface area contributed by atoms with Gasteiger partial charge in [0.15, 0.2) is 11.5 Å². The van der Waals surface area contributed by atoms with E-state index in [4.69, 9.17) is 14.2 Å². The normalized spacial score (nSPS) is 11.4. The molecule has 1 atom stereocenters. The third kappa shape index (κ3) is 4.17. The fraction of sp³-hybridized carbons (Fsp3) is 0.250. The van der Waals surface area contributed by atoms with Crippen LogP contribution in [0.4, 0.5) is 0 Å². The van der Waals surface area contributed by atoms with E-state index in [0.717, 1.165) is 11.3 Å². The topological polar surface area (TPSA) is 94.1 Å². The molecule has 0 radical (unpaired) electrons. The fourth-order valence-electron chi connectivity index (χ4n) is 1.93. The molecular weight excluding hydrogens is 334 g/mol. The van der Waals surface area contributed by atoms with Crippen LogP contribution in [-0.2, 0) is 4.79 Å². The highest BCUT2D eigenvalue weighted by Gasteiger charge is 2.24. The number of hydrogen-bond donors (Lipinski definition) is 2. The number of thiophene rings is 1. The molecule has 1 aromatic heterocycles. The first-order valence-electron chi connectivity index (χ1n) is 6.99. The third-order valence-electron chi connectivity index (χ3n) is 3.09. The van der Waals surface area contributed by atoms with Gasteiger partial charge in [0.1, 0.15) is 10.6 Å². The number of nitrogens with one attached hydrogen (secondary N) is 1. The highest BCUT2D eigenvalue weighted by atomic mass is 32.1. The van der Waals surface area contributed by atoms with E-state index in [0.29, 0.717) is 22.1 Å². The molecule has 8 heteroatoms.